The molecule has 1 N–H and O–H groups in total. The van der Waals surface area contributed by atoms with Crippen molar-refractivity contribution in [1.29, 1.82) is 0 Å². The third-order valence-electron chi connectivity index (χ3n) is 6.30. The van der Waals surface area contributed by atoms with E-state index in [9.17, 15) is 9.59 Å². The topological polar surface area (TPSA) is 64.6 Å². The standard InChI is InChI=1S/C23H28ClNO4S/c1-6-23(2,3)13-7-9-15-18(11-13)30-21(19(15)22(27)29-5)25-20(26)16-12-14(24)8-10-17(16)28-4/h8,10,12-13H,6-7,9,11H2,1-5H3,(H,25,26). The number of carbonyl (C=O) groups is 2. The summed E-state index contributed by atoms with van der Waals surface area (Å²) in [6, 6.07) is 4.87. The number of anilines is 1. The number of methoxy groups -OCH3 is 2. The summed E-state index contributed by atoms with van der Waals surface area (Å²) in [6.07, 6.45) is 3.83. The van der Waals surface area contributed by atoms with Crippen LogP contribution >= 0.6 is 22.9 Å². The monoisotopic (exact) mass is 449 g/mol. The molecule has 1 aromatic carbocycles. The van der Waals surface area contributed by atoms with Gasteiger partial charge >= 0.3 is 5.97 Å². The van der Waals surface area contributed by atoms with Gasteiger partial charge in [0.25, 0.3) is 5.91 Å². The maximum absolute atomic E-state index is 13.0. The lowest BCUT2D eigenvalue weighted by Crippen LogP contribution is -2.28. The summed E-state index contributed by atoms with van der Waals surface area (Å²) in [5.74, 6) is 0.163. The van der Waals surface area contributed by atoms with E-state index < -0.39 is 5.97 Å². The maximum atomic E-state index is 13.0. The molecular weight excluding hydrogens is 422 g/mol. The van der Waals surface area contributed by atoms with E-state index in [1.807, 2.05) is 0 Å². The van der Waals surface area contributed by atoms with Crippen molar-refractivity contribution in [2.24, 2.45) is 11.3 Å². The van der Waals surface area contributed by atoms with E-state index in [0.717, 1.165) is 36.1 Å². The van der Waals surface area contributed by atoms with Gasteiger partial charge in [0.2, 0.25) is 0 Å². The zero-order valence-corrected chi connectivity index (χ0v) is 19.6. The third kappa shape index (κ3) is 4.35. The van der Waals surface area contributed by atoms with Crippen LogP contribution in [-0.4, -0.2) is 26.1 Å². The number of nitrogens with one attached hydrogen (secondary N) is 1. The van der Waals surface area contributed by atoms with Gasteiger partial charge in [0, 0.05) is 9.90 Å². The van der Waals surface area contributed by atoms with Crippen molar-refractivity contribution < 1.29 is 19.1 Å². The molecule has 1 unspecified atom stereocenters. The number of hydrogen-bond donors (Lipinski definition) is 1. The van der Waals surface area contributed by atoms with Gasteiger partial charge in [-0.25, -0.2) is 4.79 Å². The highest BCUT2D eigenvalue weighted by molar-refractivity contribution is 7.17. The normalized spacial score (nSPS) is 16.0. The fraction of sp³-hybridized carbons (Fsp3) is 0.478. The van der Waals surface area contributed by atoms with Crippen molar-refractivity contribution in [1.82, 2.24) is 0 Å². The number of rotatable bonds is 6. The Bertz CT molecular complexity index is 966. The van der Waals surface area contributed by atoms with Crippen LogP contribution in [0.25, 0.3) is 0 Å². The van der Waals surface area contributed by atoms with Crippen LogP contribution in [-0.2, 0) is 17.6 Å². The van der Waals surface area contributed by atoms with Crippen LogP contribution in [0.2, 0.25) is 5.02 Å². The molecule has 5 nitrogen and oxygen atoms in total. The lowest BCUT2D eigenvalue weighted by Gasteiger charge is -2.36. The zero-order chi connectivity index (χ0) is 22.1. The Labute approximate surface area is 186 Å². The first-order chi connectivity index (χ1) is 14.2. The molecule has 30 heavy (non-hydrogen) atoms. The molecule has 2 aromatic rings. The van der Waals surface area contributed by atoms with E-state index >= 15 is 0 Å². The molecule has 0 fully saturated rings. The Morgan fingerprint density at radius 2 is 2.03 bits per heavy atom. The summed E-state index contributed by atoms with van der Waals surface area (Å²) >= 11 is 7.54. The summed E-state index contributed by atoms with van der Waals surface area (Å²) in [4.78, 5) is 26.7. The highest BCUT2D eigenvalue weighted by Gasteiger charge is 2.35. The van der Waals surface area contributed by atoms with E-state index in [1.54, 1.807) is 18.2 Å². The molecule has 0 saturated heterocycles. The van der Waals surface area contributed by atoms with Crippen molar-refractivity contribution in [2.75, 3.05) is 19.5 Å². The fourth-order valence-corrected chi connectivity index (χ4v) is 5.46. The summed E-state index contributed by atoms with van der Waals surface area (Å²) in [6.45, 7) is 6.81. The quantitative estimate of drug-likeness (QED) is 0.550. The molecular formula is C23H28ClNO4S. The number of halogens is 1. The van der Waals surface area contributed by atoms with E-state index in [4.69, 9.17) is 21.1 Å². The van der Waals surface area contributed by atoms with Crippen LogP contribution in [0, 0.1) is 11.3 Å². The first kappa shape index (κ1) is 22.6. The number of benzene rings is 1. The molecule has 3 rings (SSSR count). The van der Waals surface area contributed by atoms with E-state index in [0.29, 0.717) is 32.8 Å². The van der Waals surface area contributed by atoms with Crippen LogP contribution in [0.1, 0.15) is 64.8 Å². The lowest BCUT2D eigenvalue weighted by molar-refractivity contribution is 0.0600. The van der Waals surface area contributed by atoms with Crippen LogP contribution < -0.4 is 10.1 Å². The van der Waals surface area contributed by atoms with Gasteiger partial charge in [-0.3, -0.25) is 4.79 Å². The summed E-state index contributed by atoms with van der Waals surface area (Å²) in [5.41, 5.74) is 2.02. The average molecular weight is 450 g/mol. The Kier molecular flexibility index (Phi) is 6.78. The first-order valence-electron chi connectivity index (χ1n) is 10.1. The molecule has 0 bridgehead atoms. The number of amides is 1. The minimum Gasteiger partial charge on any atom is -0.496 e. The smallest absolute Gasteiger partial charge is 0.341 e. The largest absolute Gasteiger partial charge is 0.496 e. The number of esters is 1. The Morgan fingerprint density at radius 3 is 2.67 bits per heavy atom. The van der Waals surface area contributed by atoms with Gasteiger partial charge in [-0.05, 0) is 54.4 Å². The van der Waals surface area contributed by atoms with E-state index in [-0.39, 0.29) is 11.3 Å². The maximum Gasteiger partial charge on any atom is 0.341 e. The van der Waals surface area contributed by atoms with Gasteiger partial charge in [0.1, 0.15) is 10.8 Å². The minimum absolute atomic E-state index is 0.227. The molecule has 0 aliphatic heterocycles. The molecule has 1 amide bonds. The van der Waals surface area contributed by atoms with Crippen molar-refractivity contribution in [3.05, 3.63) is 44.8 Å². The van der Waals surface area contributed by atoms with Crippen molar-refractivity contribution in [3.8, 4) is 5.75 Å². The SMILES string of the molecule is CCC(C)(C)C1CCc2c(sc(NC(=O)c3cc(Cl)ccc3OC)c2C(=O)OC)C1. The van der Waals surface area contributed by atoms with E-state index in [2.05, 4.69) is 26.1 Å². The van der Waals surface area contributed by atoms with Crippen LogP contribution in [0.15, 0.2) is 18.2 Å². The second-order valence-electron chi connectivity index (χ2n) is 8.28. The highest BCUT2D eigenvalue weighted by atomic mass is 35.5. The van der Waals surface area contributed by atoms with Gasteiger partial charge < -0.3 is 14.8 Å². The summed E-state index contributed by atoms with van der Waals surface area (Å²) in [5, 5.41) is 3.87. The molecule has 1 aromatic heterocycles. The third-order valence-corrected chi connectivity index (χ3v) is 7.71. The number of ether oxygens (including phenoxy) is 2. The molecule has 162 valence electrons. The molecule has 1 atom stereocenters. The van der Waals surface area contributed by atoms with Crippen LogP contribution in [0.5, 0.6) is 5.75 Å². The van der Waals surface area contributed by atoms with Gasteiger partial charge in [-0.15, -0.1) is 11.3 Å². The number of fused-ring (bicyclic) bond motifs is 1. The second kappa shape index (κ2) is 8.98. The predicted molar refractivity (Wildman–Crippen MR) is 121 cm³/mol. The fourth-order valence-electron chi connectivity index (χ4n) is 3.98. The average Bonchev–Trinajstić information content (AvgIpc) is 3.09. The van der Waals surface area contributed by atoms with Gasteiger partial charge in [-0.1, -0.05) is 38.8 Å². The molecule has 1 heterocycles. The van der Waals surface area contributed by atoms with E-state index in [1.165, 1.54) is 25.6 Å². The predicted octanol–water partition coefficient (Wildman–Crippen LogP) is 5.99. The second-order valence-corrected chi connectivity index (χ2v) is 9.82. The number of thiophene rings is 1. The van der Waals surface area contributed by atoms with Gasteiger partial charge in [0.15, 0.2) is 0 Å². The lowest BCUT2D eigenvalue weighted by atomic mass is 9.69. The van der Waals surface area contributed by atoms with Crippen molar-refractivity contribution >= 4 is 39.8 Å². The van der Waals surface area contributed by atoms with Crippen LogP contribution in [0.4, 0.5) is 5.00 Å². The van der Waals surface area contributed by atoms with Crippen molar-refractivity contribution in [3.63, 3.8) is 0 Å². The zero-order valence-electron chi connectivity index (χ0n) is 18.1. The highest BCUT2D eigenvalue weighted by Crippen LogP contribution is 2.45. The summed E-state index contributed by atoms with van der Waals surface area (Å²) < 4.78 is 10.3. The molecule has 0 radical (unpaired) electrons. The number of hydrogen-bond acceptors (Lipinski definition) is 5. The van der Waals surface area contributed by atoms with Crippen molar-refractivity contribution in [2.45, 2.75) is 46.5 Å². The molecule has 7 heteroatoms. The molecule has 0 saturated carbocycles. The number of carbonyl (C=O) groups excluding carboxylic acids is 2. The Morgan fingerprint density at radius 1 is 1.30 bits per heavy atom. The first-order valence-corrected chi connectivity index (χ1v) is 11.3. The Balaban J connectivity index is 1.97. The minimum atomic E-state index is -0.422. The molecule has 0 spiro atoms. The van der Waals surface area contributed by atoms with Gasteiger partial charge in [0.05, 0.1) is 25.3 Å². The van der Waals surface area contributed by atoms with Crippen LogP contribution in [0.3, 0.4) is 0 Å². The Hall–Kier alpha value is -2.05. The molecule has 1 aliphatic carbocycles. The van der Waals surface area contributed by atoms with Gasteiger partial charge in [-0.2, -0.15) is 0 Å². The summed E-state index contributed by atoms with van der Waals surface area (Å²) in [7, 11) is 2.86. The molecule has 1 aliphatic rings.